The lowest BCUT2D eigenvalue weighted by molar-refractivity contribution is -0.113. The number of hydrogen-bond donors (Lipinski definition) is 0. The highest BCUT2D eigenvalue weighted by atomic mass is 35.5. The van der Waals surface area contributed by atoms with Crippen molar-refractivity contribution in [3.8, 4) is 11.3 Å². The Bertz CT molecular complexity index is 1140. The molecule has 0 spiro atoms. The number of furan rings is 1. The van der Waals surface area contributed by atoms with Gasteiger partial charge in [-0.25, -0.2) is 4.39 Å². The average molecular weight is 450 g/mol. The zero-order chi connectivity index (χ0) is 19.8. The van der Waals surface area contributed by atoms with Crippen LogP contribution in [0.25, 0.3) is 17.4 Å². The molecular formula is C20H10Cl2FNO2S2. The molecule has 1 amide bonds. The Morgan fingerprint density at radius 1 is 1.07 bits per heavy atom. The van der Waals surface area contributed by atoms with E-state index in [1.807, 2.05) is 0 Å². The zero-order valence-corrected chi connectivity index (χ0v) is 17.1. The molecule has 0 atom stereocenters. The minimum atomic E-state index is -0.437. The van der Waals surface area contributed by atoms with Gasteiger partial charge >= 0.3 is 0 Å². The predicted octanol–water partition coefficient (Wildman–Crippen LogP) is 6.80. The third-order valence-electron chi connectivity index (χ3n) is 3.96. The molecule has 0 radical (unpaired) electrons. The second-order valence-electron chi connectivity index (χ2n) is 5.83. The molecule has 28 heavy (non-hydrogen) atoms. The van der Waals surface area contributed by atoms with Gasteiger partial charge in [0.1, 0.15) is 17.3 Å². The molecule has 4 rings (SSSR count). The van der Waals surface area contributed by atoms with E-state index in [0.717, 1.165) is 17.3 Å². The van der Waals surface area contributed by atoms with Crippen molar-refractivity contribution in [1.29, 1.82) is 0 Å². The first kappa shape index (κ1) is 19.2. The topological polar surface area (TPSA) is 33.5 Å². The van der Waals surface area contributed by atoms with Crippen molar-refractivity contribution in [2.45, 2.75) is 0 Å². The molecule has 2 aromatic carbocycles. The van der Waals surface area contributed by atoms with Crippen molar-refractivity contribution in [1.82, 2.24) is 0 Å². The van der Waals surface area contributed by atoms with E-state index in [1.165, 1.54) is 23.1 Å². The number of anilines is 1. The van der Waals surface area contributed by atoms with Gasteiger partial charge < -0.3 is 4.42 Å². The number of hydrogen-bond acceptors (Lipinski definition) is 4. The largest absolute Gasteiger partial charge is 0.457 e. The van der Waals surface area contributed by atoms with Crippen LogP contribution in [-0.2, 0) is 4.79 Å². The van der Waals surface area contributed by atoms with Gasteiger partial charge in [-0.2, -0.15) is 0 Å². The SMILES string of the molecule is O=C1/C(=C\c2ccc(-c3ccc(Cl)c(Cl)c3)o2)SC(=S)N1c1cccc(F)c1. The van der Waals surface area contributed by atoms with Crippen molar-refractivity contribution >= 4 is 69.2 Å². The van der Waals surface area contributed by atoms with Crippen LogP contribution in [0.4, 0.5) is 10.1 Å². The summed E-state index contributed by atoms with van der Waals surface area (Å²) in [5, 5.41) is 0.881. The van der Waals surface area contributed by atoms with E-state index in [9.17, 15) is 9.18 Å². The van der Waals surface area contributed by atoms with E-state index in [2.05, 4.69) is 0 Å². The Morgan fingerprint density at radius 2 is 1.89 bits per heavy atom. The van der Waals surface area contributed by atoms with Crippen molar-refractivity contribution in [3.63, 3.8) is 0 Å². The van der Waals surface area contributed by atoms with Gasteiger partial charge in [0.2, 0.25) is 0 Å². The van der Waals surface area contributed by atoms with E-state index >= 15 is 0 Å². The van der Waals surface area contributed by atoms with Gasteiger partial charge in [0.25, 0.3) is 5.91 Å². The molecule has 2 heterocycles. The molecule has 0 N–H and O–H groups in total. The molecule has 0 unspecified atom stereocenters. The third-order valence-corrected chi connectivity index (χ3v) is 6.01. The first-order chi connectivity index (χ1) is 13.4. The van der Waals surface area contributed by atoms with Crippen LogP contribution >= 0.6 is 47.2 Å². The highest BCUT2D eigenvalue weighted by molar-refractivity contribution is 8.27. The molecule has 0 aliphatic carbocycles. The lowest BCUT2D eigenvalue weighted by Gasteiger charge is -2.14. The summed E-state index contributed by atoms with van der Waals surface area (Å²) in [5.41, 5.74) is 1.16. The summed E-state index contributed by atoms with van der Waals surface area (Å²) in [6, 6.07) is 14.4. The fraction of sp³-hybridized carbons (Fsp3) is 0. The summed E-state index contributed by atoms with van der Waals surface area (Å²) in [5.74, 6) is 0.312. The molecule has 1 aliphatic rings. The van der Waals surface area contributed by atoms with E-state index in [0.29, 0.717) is 36.5 Å². The molecular weight excluding hydrogens is 440 g/mol. The summed E-state index contributed by atoms with van der Waals surface area (Å²) in [6.07, 6.45) is 1.61. The minimum Gasteiger partial charge on any atom is -0.457 e. The molecule has 0 bridgehead atoms. The summed E-state index contributed by atoms with van der Waals surface area (Å²) < 4.78 is 19.6. The Balaban J connectivity index is 1.61. The average Bonchev–Trinajstić information content (AvgIpc) is 3.22. The van der Waals surface area contributed by atoms with Crippen molar-refractivity contribution in [2.24, 2.45) is 0 Å². The molecule has 0 saturated carbocycles. The summed E-state index contributed by atoms with van der Waals surface area (Å²) in [6.45, 7) is 0. The van der Waals surface area contributed by atoms with Crippen LogP contribution in [0.5, 0.6) is 0 Å². The predicted molar refractivity (Wildman–Crippen MR) is 116 cm³/mol. The number of carbonyl (C=O) groups excluding carboxylic acids is 1. The van der Waals surface area contributed by atoms with Crippen LogP contribution in [0.2, 0.25) is 10.0 Å². The number of nitrogens with zero attached hydrogens (tertiary/aromatic N) is 1. The van der Waals surface area contributed by atoms with Crippen LogP contribution in [-0.4, -0.2) is 10.2 Å². The van der Waals surface area contributed by atoms with Crippen molar-refractivity contribution in [3.05, 3.63) is 81.1 Å². The Hall–Kier alpha value is -2.12. The fourth-order valence-corrected chi connectivity index (χ4v) is 4.25. The van der Waals surface area contributed by atoms with Gasteiger partial charge in [0.15, 0.2) is 4.32 Å². The number of rotatable bonds is 3. The Morgan fingerprint density at radius 3 is 2.64 bits per heavy atom. The molecule has 1 aromatic heterocycles. The van der Waals surface area contributed by atoms with Crippen molar-refractivity contribution < 1.29 is 13.6 Å². The van der Waals surface area contributed by atoms with Crippen LogP contribution in [0.3, 0.4) is 0 Å². The lowest BCUT2D eigenvalue weighted by atomic mass is 10.2. The third kappa shape index (κ3) is 3.73. The molecule has 3 nitrogen and oxygen atoms in total. The van der Waals surface area contributed by atoms with Crippen molar-refractivity contribution in [2.75, 3.05) is 4.90 Å². The maximum atomic E-state index is 13.5. The number of thiocarbonyl (C=S) groups is 1. The maximum absolute atomic E-state index is 13.5. The van der Waals surface area contributed by atoms with Gasteiger partial charge in [-0.3, -0.25) is 9.69 Å². The first-order valence-corrected chi connectivity index (χ1v) is 9.99. The van der Waals surface area contributed by atoms with Crippen LogP contribution in [0.1, 0.15) is 5.76 Å². The molecule has 3 aromatic rings. The summed E-state index contributed by atoms with van der Waals surface area (Å²) in [7, 11) is 0. The van der Waals surface area contributed by atoms with Crippen LogP contribution in [0, 0.1) is 5.82 Å². The maximum Gasteiger partial charge on any atom is 0.270 e. The highest BCUT2D eigenvalue weighted by Gasteiger charge is 2.33. The molecule has 8 heteroatoms. The number of carbonyl (C=O) groups is 1. The normalized spacial score (nSPS) is 15.7. The van der Waals surface area contributed by atoms with Gasteiger partial charge in [0.05, 0.1) is 20.6 Å². The lowest BCUT2D eigenvalue weighted by Crippen LogP contribution is -2.27. The summed E-state index contributed by atoms with van der Waals surface area (Å²) in [4.78, 5) is 14.4. The van der Waals surface area contributed by atoms with E-state index in [4.69, 9.17) is 39.8 Å². The Kier molecular flexibility index (Phi) is 5.29. The monoisotopic (exact) mass is 449 g/mol. The van der Waals surface area contributed by atoms with Gasteiger partial charge in [-0.05, 0) is 48.5 Å². The summed E-state index contributed by atoms with van der Waals surface area (Å²) >= 11 is 18.4. The number of amides is 1. The van der Waals surface area contributed by atoms with E-state index in [1.54, 1.807) is 42.5 Å². The van der Waals surface area contributed by atoms with Crippen LogP contribution < -0.4 is 4.90 Å². The van der Waals surface area contributed by atoms with Crippen LogP contribution in [0.15, 0.2) is 63.9 Å². The molecule has 1 saturated heterocycles. The minimum absolute atomic E-state index is 0.326. The number of benzene rings is 2. The molecule has 140 valence electrons. The van der Waals surface area contributed by atoms with Gasteiger partial charge in [0, 0.05) is 11.6 Å². The second-order valence-corrected chi connectivity index (χ2v) is 8.32. The molecule has 1 fully saturated rings. The van der Waals surface area contributed by atoms with E-state index < -0.39 is 5.82 Å². The Labute approximate surface area is 179 Å². The van der Waals surface area contributed by atoms with Gasteiger partial charge in [-0.15, -0.1) is 0 Å². The molecule has 1 aliphatic heterocycles. The first-order valence-electron chi connectivity index (χ1n) is 8.01. The van der Waals surface area contributed by atoms with Gasteiger partial charge in [-0.1, -0.05) is 53.2 Å². The highest BCUT2D eigenvalue weighted by Crippen LogP contribution is 2.37. The number of thioether (sulfide) groups is 1. The fourth-order valence-electron chi connectivity index (χ4n) is 2.67. The number of halogens is 3. The standard InChI is InChI=1S/C20H10Cl2FNO2S2/c21-15-6-4-11(8-16(15)22)17-7-5-14(26-17)10-18-19(25)24(20(27)28-18)13-3-1-2-12(23)9-13/h1-10H/b18-10+. The zero-order valence-electron chi connectivity index (χ0n) is 14.0. The smallest absolute Gasteiger partial charge is 0.270 e. The quantitative estimate of drug-likeness (QED) is 0.325. The van der Waals surface area contributed by atoms with E-state index in [-0.39, 0.29) is 5.91 Å². The second kappa shape index (κ2) is 7.72.